The third-order valence-corrected chi connectivity index (χ3v) is 7.47. The number of hydrogen-bond acceptors (Lipinski definition) is 5. The zero-order valence-electron chi connectivity index (χ0n) is 15.8. The third-order valence-electron chi connectivity index (χ3n) is 6.94. The second-order valence-corrected chi connectivity index (χ2v) is 9.33. The zero-order chi connectivity index (χ0) is 20.4. The second kappa shape index (κ2) is 6.62. The number of hydrogen-bond donors (Lipinski definition) is 0. The predicted molar refractivity (Wildman–Crippen MR) is 105 cm³/mol. The molecule has 0 N–H and O–H groups in total. The average molecular weight is 458 g/mol. The molecule has 1 aliphatic heterocycles. The molecule has 1 aromatic carbocycles. The quantitative estimate of drug-likeness (QED) is 0.293. The van der Waals surface area contributed by atoms with Gasteiger partial charge >= 0.3 is 5.97 Å². The number of carbonyl (C=O) groups excluding carboxylic acids is 4. The fraction of sp³-hybridized carbons (Fsp3) is 0.455. The number of ketones is 1. The van der Waals surface area contributed by atoms with E-state index in [4.69, 9.17) is 4.74 Å². The molecule has 2 bridgehead atoms. The number of allylic oxidation sites excluding steroid dienone is 2. The Bertz CT molecular complexity index is 918. The summed E-state index contributed by atoms with van der Waals surface area (Å²) < 4.78 is 5.99. The first-order valence-corrected chi connectivity index (χ1v) is 10.7. The molecule has 5 aliphatic rings. The Morgan fingerprint density at radius 3 is 2.17 bits per heavy atom. The van der Waals surface area contributed by atoms with Gasteiger partial charge in [-0.15, -0.1) is 0 Å². The van der Waals surface area contributed by atoms with Crippen LogP contribution in [0.2, 0.25) is 0 Å². The molecule has 0 unspecified atom stereocenters. The number of halogens is 1. The zero-order valence-corrected chi connectivity index (χ0v) is 17.4. The summed E-state index contributed by atoms with van der Waals surface area (Å²) in [5.74, 6) is -1.07. The van der Waals surface area contributed by atoms with E-state index in [2.05, 4.69) is 28.1 Å². The number of carbonyl (C=O) groups is 4. The van der Waals surface area contributed by atoms with E-state index < -0.39 is 18.6 Å². The summed E-state index contributed by atoms with van der Waals surface area (Å²) in [6.07, 6.45) is 5.27. The lowest BCUT2D eigenvalue weighted by molar-refractivity contribution is -0.157. The SMILES string of the molecule is C[C@H](C(=O)OCC(=O)c1ccc(Br)cc1)N1C(=O)[C@@H]2[C@H]3C=C[C@@H]([C@@H]4C[C@@H]34)[C@@H]2C1=O. The first-order chi connectivity index (χ1) is 13.9. The minimum Gasteiger partial charge on any atom is -0.456 e. The molecule has 6 nitrogen and oxygen atoms in total. The summed E-state index contributed by atoms with van der Waals surface area (Å²) >= 11 is 3.30. The van der Waals surface area contributed by atoms with Gasteiger partial charge in [-0.3, -0.25) is 19.3 Å². The van der Waals surface area contributed by atoms with Gasteiger partial charge < -0.3 is 4.74 Å². The Kier molecular flexibility index (Phi) is 4.28. The van der Waals surface area contributed by atoms with Crippen molar-refractivity contribution in [1.29, 1.82) is 0 Å². The molecule has 0 radical (unpaired) electrons. The molecule has 3 fully saturated rings. The summed E-state index contributed by atoms with van der Waals surface area (Å²) in [7, 11) is 0. The minimum atomic E-state index is -1.03. The molecule has 0 spiro atoms. The van der Waals surface area contributed by atoms with Crippen LogP contribution in [0.3, 0.4) is 0 Å². The van der Waals surface area contributed by atoms with Crippen LogP contribution in [0.4, 0.5) is 0 Å². The maximum atomic E-state index is 13.0. The molecule has 0 aromatic heterocycles. The van der Waals surface area contributed by atoms with Crippen molar-refractivity contribution in [1.82, 2.24) is 4.90 Å². The van der Waals surface area contributed by atoms with Crippen LogP contribution >= 0.6 is 15.9 Å². The first kappa shape index (κ1) is 18.7. The first-order valence-electron chi connectivity index (χ1n) is 9.89. The van der Waals surface area contributed by atoms with E-state index in [1.165, 1.54) is 6.92 Å². The summed E-state index contributed by atoms with van der Waals surface area (Å²) in [4.78, 5) is 51.9. The molecule has 6 rings (SSSR count). The molecule has 4 aliphatic carbocycles. The summed E-state index contributed by atoms with van der Waals surface area (Å²) in [5.41, 5.74) is 0.426. The molecule has 1 saturated heterocycles. The highest BCUT2D eigenvalue weighted by molar-refractivity contribution is 9.10. The highest BCUT2D eigenvalue weighted by Crippen LogP contribution is 2.65. The standard InChI is InChI=1S/C22H20BrNO5/c1-10(22(28)29-9-17(25)11-2-4-12(23)5-3-11)24-20(26)18-13-6-7-14(16-8-15(13)16)19(18)21(24)27/h2-7,10,13-16,18-19H,8-9H2,1H3/t10-,13+,14+,15+,16+,18-,19+/m1/s1. The predicted octanol–water partition coefficient (Wildman–Crippen LogP) is 2.62. The van der Waals surface area contributed by atoms with Gasteiger partial charge in [-0.25, -0.2) is 4.79 Å². The summed E-state index contributed by atoms with van der Waals surface area (Å²) in [5, 5.41) is 0. The van der Waals surface area contributed by atoms with Gasteiger partial charge in [0.2, 0.25) is 11.8 Å². The van der Waals surface area contributed by atoms with Gasteiger partial charge in [0.05, 0.1) is 11.8 Å². The molecule has 1 heterocycles. The van der Waals surface area contributed by atoms with Gasteiger partial charge in [-0.1, -0.05) is 40.2 Å². The molecule has 29 heavy (non-hydrogen) atoms. The molecular formula is C22H20BrNO5. The fourth-order valence-corrected chi connectivity index (χ4v) is 5.71. The molecule has 1 aromatic rings. The number of imide groups is 1. The van der Waals surface area contributed by atoms with Gasteiger partial charge in [0.1, 0.15) is 6.04 Å². The van der Waals surface area contributed by atoms with Crippen LogP contribution < -0.4 is 0 Å². The van der Waals surface area contributed by atoms with Gasteiger partial charge in [-0.05, 0) is 49.1 Å². The van der Waals surface area contributed by atoms with E-state index in [0.717, 1.165) is 15.8 Å². The van der Waals surface area contributed by atoms with Crippen molar-refractivity contribution in [2.24, 2.45) is 35.5 Å². The number of Topliss-reactive ketones (excluding diaryl/α,β-unsaturated/α-hetero) is 1. The Hall–Kier alpha value is -2.28. The Morgan fingerprint density at radius 2 is 1.62 bits per heavy atom. The highest BCUT2D eigenvalue weighted by atomic mass is 79.9. The summed E-state index contributed by atoms with van der Waals surface area (Å²) in [6, 6.07) is 5.70. The van der Waals surface area contributed by atoms with Gasteiger partial charge in [0.15, 0.2) is 12.4 Å². The number of likely N-dealkylation sites (tertiary alicyclic amines) is 1. The Balaban J connectivity index is 1.26. The number of esters is 1. The Labute approximate surface area is 176 Å². The van der Waals surface area contributed by atoms with Crippen LogP contribution in [0, 0.1) is 35.5 Å². The minimum absolute atomic E-state index is 0.110. The van der Waals surface area contributed by atoms with E-state index in [1.54, 1.807) is 24.3 Å². The van der Waals surface area contributed by atoms with E-state index in [1.807, 2.05) is 0 Å². The molecule has 2 amide bonds. The number of nitrogens with zero attached hydrogens (tertiary/aromatic N) is 1. The molecular weight excluding hydrogens is 438 g/mol. The topological polar surface area (TPSA) is 80.8 Å². The maximum absolute atomic E-state index is 13.0. The lowest BCUT2D eigenvalue weighted by Gasteiger charge is -2.37. The van der Waals surface area contributed by atoms with Crippen LogP contribution in [-0.4, -0.2) is 41.1 Å². The number of amides is 2. The van der Waals surface area contributed by atoms with Gasteiger partial charge in [0.25, 0.3) is 0 Å². The van der Waals surface area contributed by atoms with Crippen molar-refractivity contribution in [2.75, 3.05) is 6.61 Å². The highest BCUT2D eigenvalue weighted by Gasteiger charge is 2.67. The molecule has 150 valence electrons. The van der Waals surface area contributed by atoms with E-state index in [-0.39, 0.29) is 41.3 Å². The van der Waals surface area contributed by atoms with Crippen LogP contribution in [0.5, 0.6) is 0 Å². The second-order valence-electron chi connectivity index (χ2n) is 8.41. The normalized spacial score (nSPS) is 34.6. The molecule has 2 saturated carbocycles. The maximum Gasteiger partial charge on any atom is 0.329 e. The van der Waals surface area contributed by atoms with Crippen molar-refractivity contribution in [3.63, 3.8) is 0 Å². The van der Waals surface area contributed by atoms with E-state index >= 15 is 0 Å². The number of ether oxygens (including phenoxy) is 1. The van der Waals surface area contributed by atoms with Crippen LogP contribution in [-0.2, 0) is 19.1 Å². The monoisotopic (exact) mass is 457 g/mol. The van der Waals surface area contributed by atoms with Gasteiger partial charge in [-0.2, -0.15) is 0 Å². The third kappa shape index (κ3) is 2.81. The van der Waals surface area contributed by atoms with Crippen molar-refractivity contribution < 1.29 is 23.9 Å². The van der Waals surface area contributed by atoms with E-state index in [9.17, 15) is 19.2 Å². The molecule has 7 atom stereocenters. The van der Waals surface area contributed by atoms with Crippen molar-refractivity contribution in [2.45, 2.75) is 19.4 Å². The van der Waals surface area contributed by atoms with Crippen LogP contribution in [0.1, 0.15) is 23.7 Å². The van der Waals surface area contributed by atoms with Crippen molar-refractivity contribution in [3.05, 3.63) is 46.5 Å². The van der Waals surface area contributed by atoms with Crippen molar-refractivity contribution in [3.8, 4) is 0 Å². The summed E-state index contributed by atoms with van der Waals surface area (Å²) in [6.45, 7) is 1.07. The molecule has 7 heteroatoms. The largest absolute Gasteiger partial charge is 0.456 e. The smallest absolute Gasteiger partial charge is 0.329 e. The van der Waals surface area contributed by atoms with Crippen LogP contribution in [0.15, 0.2) is 40.9 Å². The van der Waals surface area contributed by atoms with Gasteiger partial charge in [0, 0.05) is 10.0 Å². The number of rotatable bonds is 5. The lowest BCUT2D eigenvalue weighted by Crippen LogP contribution is -2.45. The Morgan fingerprint density at radius 1 is 1.07 bits per heavy atom. The fourth-order valence-electron chi connectivity index (χ4n) is 5.44. The van der Waals surface area contributed by atoms with Crippen molar-refractivity contribution >= 4 is 39.5 Å². The number of benzene rings is 1. The van der Waals surface area contributed by atoms with Crippen LogP contribution in [0.25, 0.3) is 0 Å². The lowest BCUT2D eigenvalue weighted by atomic mass is 9.63. The average Bonchev–Trinajstić information content (AvgIpc) is 3.49. The van der Waals surface area contributed by atoms with E-state index in [0.29, 0.717) is 17.4 Å².